The standard InChI is InChI=1S/C15H12O3/c16-14(13-9-5-2-6-10-13)15(17)18-11-12-7-3-1-4-8-12/h1-10H,11H2. The van der Waals surface area contributed by atoms with Crippen LogP contribution in [0.5, 0.6) is 0 Å². The molecule has 0 radical (unpaired) electrons. The normalized spacial score (nSPS) is 9.78. The number of rotatable bonds is 4. The van der Waals surface area contributed by atoms with Crippen molar-refractivity contribution in [2.45, 2.75) is 6.61 Å². The van der Waals surface area contributed by atoms with Crippen molar-refractivity contribution in [1.82, 2.24) is 0 Å². The van der Waals surface area contributed by atoms with Crippen LogP contribution in [-0.4, -0.2) is 11.8 Å². The molecule has 0 heterocycles. The first-order valence-corrected chi connectivity index (χ1v) is 5.58. The SMILES string of the molecule is O=C(OCc1ccccc1)C(=O)c1ccccc1. The van der Waals surface area contributed by atoms with Crippen LogP contribution in [0, 0.1) is 0 Å². The molecule has 0 saturated carbocycles. The van der Waals surface area contributed by atoms with Gasteiger partial charge in [0.25, 0.3) is 5.78 Å². The van der Waals surface area contributed by atoms with Crippen LogP contribution < -0.4 is 0 Å². The minimum Gasteiger partial charge on any atom is -0.455 e. The molecule has 0 amide bonds. The minimum absolute atomic E-state index is 0.109. The quantitative estimate of drug-likeness (QED) is 0.468. The van der Waals surface area contributed by atoms with Crippen molar-refractivity contribution in [2.75, 3.05) is 0 Å². The Kier molecular flexibility index (Phi) is 3.86. The summed E-state index contributed by atoms with van der Waals surface area (Å²) >= 11 is 0. The summed E-state index contributed by atoms with van der Waals surface area (Å²) in [6.45, 7) is 0.109. The number of hydrogen-bond acceptors (Lipinski definition) is 3. The second-order valence-electron chi connectivity index (χ2n) is 3.76. The van der Waals surface area contributed by atoms with Gasteiger partial charge in [-0.15, -0.1) is 0 Å². The van der Waals surface area contributed by atoms with Crippen LogP contribution in [0.15, 0.2) is 60.7 Å². The lowest BCUT2D eigenvalue weighted by molar-refractivity contribution is -0.139. The second-order valence-corrected chi connectivity index (χ2v) is 3.76. The highest BCUT2D eigenvalue weighted by atomic mass is 16.5. The van der Waals surface area contributed by atoms with Crippen molar-refractivity contribution < 1.29 is 14.3 Å². The monoisotopic (exact) mass is 240 g/mol. The van der Waals surface area contributed by atoms with Gasteiger partial charge in [-0.1, -0.05) is 60.7 Å². The molecule has 2 aromatic rings. The molecule has 0 N–H and O–H groups in total. The highest BCUT2D eigenvalue weighted by Crippen LogP contribution is 2.04. The van der Waals surface area contributed by atoms with Crippen molar-refractivity contribution in [3.05, 3.63) is 71.8 Å². The third-order valence-corrected chi connectivity index (χ3v) is 2.43. The first-order chi connectivity index (χ1) is 8.77. The van der Waals surface area contributed by atoms with Gasteiger partial charge in [0, 0.05) is 5.56 Å². The van der Waals surface area contributed by atoms with E-state index in [1.54, 1.807) is 30.3 Å². The molecule has 0 aromatic heterocycles. The third-order valence-electron chi connectivity index (χ3n) is 2.43. The molecule has 90 valence electrons. The molecule has 0 unspecified atom stereocenters. The maximum Gasteiger partial charge on any atom is 0.380 e. The van der Waals surface area contributed by atoms with Crippen molar-refractivity contribution in [1.29, 1.82) is 0 Å². The number of carbonyl (C=O) groups is 2. The van der Waals surface area contributed by atoms with Crippen LogP contribution in [-0.2, 0) is 16.1 Å². The number of ether oxygens (including phenoxy) is 1. The van der Waals surface area contributed by atoms with Gasteiger partial charge in [-0.05, 0) is 5.56 Å². The first-order valence-electron chi connectivity index (χ1n) is 5.58. The number of esters is 1. The van der Waals surface area contributed by atoms with Crippen LogP contribution in [0.4, 0.5) is 0 Å². The van der Waals surface area contributed by atoms with Gasteiger partial charge in [-0.3, -0.25) is 4.79 Å². The Hall–Kier alpha value is -2.42. The molecule has 0 saturated heterocycles. The van der Waals surface area contributed by atoms with E-state index in [0.29, 0.717) is 5.56 Å². The number of carbonyl (C=O) groups excluding carboxylic acids is 2. The van der Waals surface area contributed by atoms with Gasteiger partial charge >= 0.3 is 5.97 Å². The fraction of sp³-hybridized carbons (Fsp3) is 0.0667. The first kappa shape index (κ1) is 12.0. The molecule has 3 nitrogen and oxygen atoms in total. The average molecular weight is 240 g/mol. The van der Waals surface area contributed by atoms with Gasteiger partial charge in [-0.25, -0.2) is 4.79 Å². The lowest BCUT2D eigenvalue weighted by Gasteiger charge is -2.03. The minimum atomic E-state index is -0.829. The summed E-state index contributed by atoms with van der Waals surface area (Å²) in [6, 6.07) is 17.6. The van der Waals surface area contributed by atoms with Crippen molar-refractivity contribution in [2.24, 2.45) is 0 Å². The number of hydrogen-bond donors (Lipinski definition) is 0. The number of ketones is 1. The summed E-state index contributed by atoms with van der Waals surface area (Å²) in [6.07, 6.45) is 0. The Morgan fingerprint density at radius 2 is 1.39 bits per heavy atom. The van der Waals surface area contributed by atoms with E-state index in [9.17, 15) is 9.59 Å². The van der Waals surface area contributed by atoms with E-state index in [2.05, 4.69) is 0 Å². The highest BCUT2D eigenvalue weighted by molar-refractivity contribution is 6.40. The fourth-order valence-electron chi connectivity index (χ4n) is 1.50. The molecule has 2 rings (SSSR count). The molecule has 0 aliphatic heterocycles. The lowest BCUT2D eigenvalue weighted by Crippen LogP contribution is -2.17. The molecule has 0 aliphatic rings. The van der Waals surface area contributed by atoms with Crippen molar-refractivity contribution >= 4 is 11.8 Å². The van der Waals surface area contributed by atoms with Crippen LogP contribution in [0.3, 0.4) is 0 Å². The lowest BCUT2D eigenvalue weighted by atomic mass is 10.1. The molecule has 2 aromatic carbocycles. The smallest absolute Gasteiger partial charge is 0.380 e. The molecule has 18 heavy (non-hydrogen) atoms. The maximum atomic E-state index is 11.7. The second kappa shape index (κ2) is 5.77. The van der Waals surface area contributed by atoms with Crippen LogP contribution >= 0.6 is 0 Å². The van der Waals surface area contributed by atoms with E-state index in [1.165, 1.54) is 0 Å². The molecule has 0 aliphatic carbocycles. The largest absolute Gasteiger partial charge is 0.455 e. The van der Waals surface area contributed by atoms with Crippen molar-refractivity contribution in [3.63, 3.8) is 0 Å². The van der Waals surface area contributed by atoms with E-state index in [1.807, 2.05) is 30.3 Å². The third kappa shape index (κ3) is 3.04. The summed E-state index contributed by atoms with van der Waals surface area (Å²) in [5.41, 5.74) is 1.20. The highest BCUT2D eigenvalue weighted by Gasteiger charge is 2.17. The summed E-state index contributed by atoms with van der Waals surface area (Å²) in [4.78, 5) is 23.2. The molecule has 0 bridgehead atoms. The van der Waals surface area contributed by atoms with E-state index in [0.717, 1.165) is 5.56 Å². The summed E-state index contributed by atoms with van der Waals surface area (Å²) in [5, 5.41) is 0. The van der Waals surface area contributed by atoms with Gasteiger partial charge in [-0.2, -0.15) is 0 Å². The Bertz CT molecular complexity index is 532. The molecular weight excluding hydrogens is 228 g/mol. The molecule has 0 spiro atoms. The van der Waals surface area contributed by atoms with Crippen LogP contribution in [0.1, 0.15) is 15.9 Å². The summed E-state index contributed by atoms with van der Waals surface area (Å²) in [7, 11) is 0. The van der Waals surface area contributed by atoms with E-state index in [4.69, 9.17) is 4.74 Å². The zero-order valence-electron chi connectivity index (χ0n) is 9.71. The van der Waals surface area contributed by atoms with Gasteiger partial charge < -0.3 is 4.74 Å². The molecular formula is C15H12O3. The number of benzene rings is 2. The van der Waals surface area contributed by atoms with E-state index >= 15 is 0 Å². The Labute approximate surface area is 105 Å². The zero-order valence-corrected chi connectivity index (χ0v) is 9.71. The van der Waals surface area contributed by atoms with Crippen LogP contribution in [0.2, 0.25) is 0 Å². The van der Waals surface area contributed by atoms with Crippen molar-refractivity contribution in [3.8, 4) is 0 Å². The predicted octanol–water partition coefficient (Wildman–Crippen LogP) is 2.61. The van der Waals surface area contributed by atoms with E-state index < -0.39 is 11.8 Å². The maximum absolute atomic E-state index is 11.7. The summed E-state index contributed by atoms with van der Waals surface area (Å²) in [5.74, 6) is -1.45. The fourth-order valence-corrected chi connectivity index (χ4v) is 1.50. The zero-order chi connectivity index (χ0) is 12.8. The summed E-state index contributed by atoms with van der Waals surface area (Å²) < 4.78 is 4.96. The van der Waals surface area contributed by atoms with Gasteiger partial charge in [0.15, 0.2) is 0 Å². The Balaban J connectivity index is 1.95. The van der Waals surface area contributed by atoms with Gasteiger partial charge in [0.05, 0.1) is 0 Å². The van der Waals surface area contributed by atoms with Gasteiger partial charge in [0.2, 0.25) is 0 Å². The van der Waals surface area contributed by atoms with Crippen LogP contribution in [0.25, 0.3) is 0 Å². The topological polar surface area (TPSA) is 43.4 Å². The molecule has 3 heteroatoms. The Morgan fingerprint density at radius 3 is 2.00 bits per heavy atom. The molecule has 0 fully saturated rings. The molecule has 0 atom stereocenters. The average Bonchev–Trinajstić information content (AvgIpc) is 2.46. The predicted molar refractivity (Wildman–Crippen MR) is 67.0 cm³/mol. The Morgan fingerprint density at radius 1 is 0.833 bits per heavy atom. The van der Waals surface area contributed by atoms with Gasteiger partial charge in [0.1, 0.15) is 6.61 Å². The van der Waals surface area contributed by atoms with E-state index in [-0.39, 0.29) is 6.61 Å². The number of Topliss-reactive ketones (excluding diaryl/α,β-unsaturated/α-hetero) is 1.